The number of halogens is 1. The number of para-hydroxylation sites is 1. The third-order valence-electron chi connectivity index (χ3n) is 6.91. The molecule has 3 aromatic heterocycles. The fraction of sp³-hybridized carbons (Fsp3) is 0.222. The second kappa shape index (κ2) is 13.0. The van der Waals surface area contributed by atoms with Crippen molar-refractivity contribution in [2.75, 3.05) is 0 Å². The fourth-order valence-corrected chi connectivity index (χ4v) is 8.14. The van der Waals surface area contributed by atoms with Gasteiger partial charge in [-0.1, -0.05) is 40.8 Å². The van der Waals surface area contributed by atoms with E-state index in [4.69, 9.17) is 9.90 Å². The van der Waals surface area contributed by atoms with Gasteiger partial charge in [0.15, 0.2) is 0 Å². The van der Waals surface area contributed by atoms with E-state index in [2.05, 4.69) is 58.4 Å². The standard InChI is InChI=1S/C18H23FGeN.C18H12NO.Ir/c1-12(2)15-10-18(21-11-17(15)20(4,5)6)14-8-7-13(3)9-16(14)19;1-12-9-10-19-16(11-12)15-7-4-6-14-13-5-2-3-8-17(13)20-18(14)15;/h7,9-12H,1-6H3;2-6,8-11H,1H3;/q2*-1;/i3D3,12D;;. The van der Waals surface area contributed by atoms with Crippen molar-refractivity contribution < 1.29 is 34.4 Å². The van der Waals surface area contributed by atoms with Gasteiger partial charge in [0.1, 0.15) is 5.58 Å². The number of aromatic nitrogens is 2. The molecule has 0 amide bonds. The van der Waals surface area contributed by atoms with Crippen LogP contribution in [0.15, 0.2) is 83.5 Å². The van der Waals surface area contributed by atoms with Crippen molar-refractivity contribution in [2.45, 2.75) is 50.8 Å². The summed E-state index contributed by atoms with van der Waals surface area (Å²) in [7, 11) is 0. The van der Waals surface area contributed by atoms with E-state index in [-0.39, 0.29) is 31.2 Å². The summed E-state index contributed by atoms with van der Waals surface area (Å²) < 4.78 is 52.1. The molecule has 42 heavy (non-hydrogen) atoms. The Labute approximate surface area is 269 Å². The minimum Gasteiger partial charge on any atom is 0 e. The summed E-state index contributed by atoms with van der Waals surface area (Å²) in [6, 6.07) is 26.1. The Morgan fingerprint density at radius 1 is 0.929 bits per heavy atom. The van der Waals surface area contributed by atoms with Gasteiger partial charge in [-0.15, -0.1) is 18.2 Å². The first-order chi connectivity index (χ1) is 21.0. The molecule has 6 heteroatoms. The van der Waals surface area contributed by atoms with E-state index in [9.17, 15) is 4.39 Å². The van der Waals surface area contributed by atoms with Crippen LogP contribution in [0.2, 0.25) is 17.3 Å². The third-order valence-corrected chi connectivity index (χ3v) is 11.1. The second-order valence-corrected chi connectivity index (χ2v) is 22.0. The summed E-state index contributed by atoms with van der Waals surface area (Å²) in [5.41, 5.74) is 6.01. The molecule has 3 heterocycles. The van der Waals surface area contributed by atoms with Gasteiger partial charge in [-0.25, -0.2) is 0 Å². The van der Waals surface area contributed by atoms with Crippen molar-refractivity contribution in [3.8, 4) is 22.5 Å². The van der Waals surface area contributed by atoms with Crippen LogP contribution in [0.1, 0.15) is 41.9 Å². The smallest absolute Gasteiger partial charge is 0 e. The van der Waals surface area contributed by atoms with Gasteiger partial charge in [-0.05, 0) is 24.8 Å². The Balaban J connectivity index is 0.000000208. The minimum atomic E-state index is -2.37. The summed E-state index contributed by atoms with van der Waals surface area (Å²) in [4.78, 5) is 8.83. The first-order valence-corrected chi connectivity index (χ1v) is 20.9. The fourth-order valence-electron chi connectivity index (χ4n) is 4.82. The average molecular weight is 800 g/mol. The van der Waals surface area contributed by atoms with E-state index in [0.29, 0.717) is 5.69 Å². The number of benzene rings is 3. The molecule has 3 nitrogen and oxygen atoms in total. The van der Waals surface area contributed by atoms with Crippen molar-refractivity contribution in [2.24, 2.45) is 0 Å². The zero-order valence-electron chi connectivity index (χ0n) is 28.5. The van der Waals surface area contributed by atoms with E-state index in [0.717, 1.165) is 49.2 Å². The summed E-state index contributed by atoms with van der Waals surface area (Å²) in [5.74, 6) is 5.18. The molecule has 3 aromatic carbocycles. The van der Waals surface area contributed by atoms with Crippen LogP contribution in [-0.4, -0.2) is 23.2 Å². The van der Waals surface area contributed by atoms with Gasteiger partial charge in [-0.3, -0.25) is 0 Å². The molecule has 0 fully saturated rings. The van der Waals surface area contributed by atoms with Gasteiger partial charge in [-0.2, -0.15) is 0 Å². The van der Waals surface area contributed by atoms with Crippen LogP contribution in [0.3, 0.4) is 0 Å². The SMILES string of the molecule is Cc1ccnc(-c2[c-]ccc3c2oc2ccccc23)c1.[2H]C([2H])([2H])c1c[c-]c(-c2cc(C([2H])(C)C)[c]([Ge]([CH3])([CH3])[CH3])cn2)c(F)c1.[Ir]. The van der Waals surface area contributed by atoms with E-state index >= 15 is 0 Å². The van der Waals surface area contributed by atoms with Crippen LogP contribution in [0.5, 0.6) is 0 Å². The van der Waals surface area contributed by atoms with Crippen LogP contribution >= 0.6 is 0 Å². The maximum Gasteiger partial charge on any atom is 0 e. The van der Waals surface area contributed by atoms with Crippen LogP contribution in [0.25, 0.3) is 44.5 Å². The summed E-state index contributed by atoms with van der Waals surface area (Å²) in [6.45, 7) is 3.30. The van der Waals surface area contributed by atoms with E-state index in [1.54, 1.807) is 26.1 Å². The predicted octanol–water partition coefficient (Wildman–Crippen LogP) is 9.42. The zero-order chi connectivity index (χ0) is 32.7. The van der Waals surface area contributed by atoms with Crippen LogP contribution < -0.4 is 4.40 Å². The Morgan fingerprint density at radius 3 is 2.38 bits per heavy atom. The maximum atomic E-state index is 14.5. The summed E-state index contributed by atoms with van der Waals surface area (Å²) in [5, 5.41) is 2.24. The number of hydrogen-bond acceptors (Lipinski definition) is 3. The normalized spacial score (nSPS) is 13.3. The number of fused-ring (bicyclic) bond motifs is 3. The van der Waals surface area contributed by atoms with E-state index in [1.165, 1.54) is 11.6 Å². The topological polar surface area (TPSA) is 38.9 Å². The quantitative estimate of drug-likeness (QED) is 0.132. The van der Waals surface area contributed by atoms with E-state index in [1.807, 2.05) is 42.6 Å². The first-order valence-electron chi connectivity index (χ1n) is 15.5. The molecule has 0 saturated carbocycles. The summed E-state index contributed by atoms with van der Waals surface area (Å²) >= 11 is -2.25. The molecule has 0 bridgehead atoms. The molecule has 0 aliphatic rings. The molecular formula is C36H35FGeIrN2O-2. The minimum absolute atomic E-state index is 0. The average Bonchev–Trinajstić information content (AvgIpc) is 3.35. The molecule has 0 aliphatic carbocycles. The number of nitrogens with zero attached hydrogens (tertiary/aromatic N) is 2. The van der Waals surface area contributed by atoms with Crippen molar-refractivity contribution in [3.63, 3.8) is 0 Å². The Morgan fingerprint density at radius 2 is 1.69 bits per heavy atom. The number of aryl methyl sites for hydroxylation is 2. The molecular weight excluding hydrogens is 760 g/mol. The molecule has 6 aromatic rings. The van der Waals surface area contributed by atoms with Gasteiger partial charge in [0, 0.05) is 31.7 Å². The molecule has 0 unspecified atom stereocenters. The van der Waals surface area contributed by atoms with Crippen molar-refractivity contribution in [1.29, 1.82) is 0 Å². The molecule has 0 atom stereocenters. The Kier molecular flexibility index (Phi) is 8.22. The summed E-state index contributed by atoms with van der Waals surface area (Å²) in [6.07, 6.45) is 3.58. The van der Waals surface area contributed by atoms with Crippen molar-refractivity contribution in [3.05, 3.63) is 114 Å². The van der Waals surface area contributed by atoms with Gasteiger partial charge >= 0.3 is 135 Å². The van der Waals surface area contributed by atoms with Gasteiger partial charge < -0.3 is 9.40 Å². The van der Waals surface area contributed by atoms with Gasteiger partial charge in [0.05, 0.1) is 5.58 Å². The number of rotatable bonds is 4. The number of hydrogen-bond donors (Lipinski definition) is 0. The monoisotopic (exact) mass is 801 g/mol. The maximum absolute atomic E-state index is 14.5. The van der Waals surface area contributed by atoms with Crippen LogP contribution in [0.4, 0.5) is 4.39 Å². The van der Waals surface area contributed by atoms with Gasteiger partial charge in [0.2, 0.25) is 0 Å². The number of furan rings is 1. The molecule has 0 aliphatic heterocycles. The molecule has 0 N–H and O–H groups in total. The zero-order valence-corrected chi connectivity index (χ0v) is 29.0. The van der Waals surface area contributed by atoms with Crippen molar-refractivity contribution in [1.82, 2.24) is 9.97 Å². The molecule has 1 radical (unpaired) electrons. The van der Waals surface area contributed by atoms with Crippen LogP contribution in [0, 0.1) is 31.7 Å². The first kappa shape index (κ1) is 26.5. The largest absolute Gasteiger partial charge is 0 e. The molecule has 0 saturated heterocycles. The Bertz CT molecular complexity index is 2010. The second-order valence-electron chi connectivity index (χ2n) is 11.4. The Hall–Kier alpha value is -3.12. The molecule has 0 spiro atoms. The number of pyridine rings is 2. The third kappa shape index (κ3) is 6.75. The predicted molar refractivity (Wildman–Crippen MR) is 171 cm³/mol. The molecule has 217 valence electrons. The molecule has 6 rings (SSSR count). The van der Waals surface area contributed by atoms with E-state index < -0.39 is 31.8 Å². The van der Waals surface area contributed by atoms with Gasteiger partial charge in [0.25, 0.3) is 0 Å². The van der Waals surface area contributed by atoms with Crippen molar-refractivity contribution >= 4 is 39.6 Å². The van der Waals surface area contributed by atoms with Crippen LogP contribution in [-0.2, 0) is 20.1 Å².